The number of nitrogens with one attached hydrogen (secondary N) is 1. The molecule has 0 fully saturated rings. The third-order valence-corrected chi connectivity index (χ3v) is 3.40. The van der Waals surface area contributed by atoms with Crippen LogP contribution in [0.2, 0.25) is 0 Å². The van der Waals surface area contributed by atoms with Crippen LogP contribution in [0.1, 0.15) is 12.0 Å². The normalized spacial score (nSPS) is 11.8. The van der Waals surface area contributed by atoms with Gasteiger partial charge in [0.2, 0.25) is 12.3 Å². The molecule has 0 saturated carbocycles. The molecule has 0 aliphatic rings. The van der Waals surface area contributed by atoms with Crippen LogP contribution in [-0.4, -0.2) is 24.6 Å². The largest absolute Gasteiger partial charge is 0.416 e. The number of carbonyl (C=O) groups is 1. The molecule has 0 aliphatic carbocycles. The van der Waals surface area contributed by atoms with E-state index in [1.807, 2.05) is 0 Å². The Bertz CT molecular complexity index is 493. The number of amides is 1. The number of alkyl halides is 5. The molecule has 3 nitrogen and oxygen atoms in total. The van der Waals surface area contributed by atoms with Crippen LogP contribution in [0.15, 0.2) is 23.1 Å². The van der Waals surface area contributed by atoms with Gasteiger partial charge in [-0.3, -0.25) is 4.79 Å². The number of hydrogen-bond donors (Lipinski definition) is 2. The zero-order chi connectivity index (χ0) is 16.0. The van der Waals surface area contributed by atoms with Crippen LogP contribution in [0.25, 0.3) is 0 Å². The number of halogens is 5. The summed E-state index contributed by atoms with van der Waals surface area (Å²) in [6.07, 6.45) is -7.26. The van der Waals surface area contributed by atoms with Crippen LogP contribution in [0, 0.1) is 0 Å². The summed E-state index contributed by atoms with van der Waals surface area (Å²) in [7, 11) is 0. The highest BCUT2D eigenvalue weighted by atomic mass is 32.2. The maximum absolute atomic E-state index is 12.6. The number of carbonyl (C=O) groups excluding carboxylic acids is 1. The fraction of sp³-hybridized carbons (Fsp3) is 0.417. The van der Waals surface area contributed by atoms with Gasteiger partial charge in [-0.1, -0.05) is 0 Å². The van der Waals surface area contributed by atoms with Gasteiger partial charge in [0.25, 0.3) is 0 Å². The van der Waals surface area contributed by atoms with E-state index in [2.05, 4.69) is 5.32 Å². The fourth-order valence-corrected chi connectivity index (χ4v) is 2.16. The SMILES string of the molecule is NCCC(=O)Nc1cc(C(F)(F)F)ccc1SCC(F)F. The summed E-state index contributed by atoms with van der Waals surface area (Å²) in [5, 5.41) is 2.26. The summed E-state index contributed by atoms with van der Waals surface area (Å²) >= 11 is 0.671. The van der Waals surface area contributed by atoms with E-state index in [1.54, 1.807) is 0 Å². The lowest BCUT2D eigenvalue weighted by Gasteiger charge is -2.14. The van der Waals surface area contributed by atoms with Gasteiger partial charge in [0.15, 0.2) is 0 Å². The predicted molar refractivity (Wildman–Crippen MR) is 70.5 cm³/mol. The van der Waals surface area contributed by atoms with E-state index in [-0.39, 0.29) is 23.5 Å². The minimum atomic E-state index is -4.58. The fourth-order valence-electron chi connectivity index (χ4n) is 1.43. The summed E-state index contributed by atoms with van der Waals surface area (Å²) in [5.41, 5.74) is 4.06. The van der Waals surface area contributed by atoms with Gasteiger partial charge >= 0.3 is 6.18 Å². The molecule has 9 heteroatoms. The topological polar surface area (TPSA) is 55.1 Å². The molecule has 0 atom stereocenters. The first-order valence-corrected chi connectivity index (χ1v) is 6.84. The highest BCUT2D eigenvalue weighted by Gasteiger charge is 2.31. The second-order valence-corrected chi connectivity index (χ2v) is 5.06. The number of rotatable bonds is 6. The molecule has 1 amide bonds. The third kappa shape index (κ3) is 5.88. The standard InChI is InChI=1S/C12H13F5N2OS/c13-10(14)6-21-9-2-1-7(12(15,16)17)5-8(9)19-11(20)3-4-18/h1-2,5,10H,3-4,6,18H2,(H,19,20). The summed E-state index contributed by atoms with van der Waals surface area (Å²) in [6, 6.07) is 2.57. The maximum atomic E-state index is 12.6. The molecule has 0 radical (unpaired) electrons. The zero-order valence-corrected chi connectivity index (χ0v) is 11.5. The number of benzene rings is 1. The van der Waals surface area contributed by atoms with Gasteiger partial charge in [-0.05, 0) is 18.2 Å². The molecule has 0 aromatic heterocycles. The van der Waals surface area contributed by atoms with E-state index >= 15 is 0 Å². The molecule has 3 N–H and O–H groups in total. The van der Waals surface area contributed by atoms with Gasteiger partial charge in [0, 0.05) is 17.9 Å². The van der Waals surface area contributed by atoms with Crippen molar-refractivity contribution in [1.29, 1.82) is 0 Å². The second kappa shape index (κ2) is 7.60. The minimum Gasteiger partial charge on any atom is -0.330 e. The summed E-state index contributed by atoms with van der Waals surface area (Å²) in [5.74, 6) is -1.15. The number of anilines is 1. The molecule has 0 spiro atoms. The number of thioether (sulfide) groups is 1. The van der Waals surface area contributed by atoms with Crippen LogP contribution in [-0.2, 0) is 11.0 Å². The molecule has 0 bridgehead atoms. The smallest absolute Gasteiger partial charge is 0.330 e. The molecule has 0 aliphatic heterocycles. The van der Waals surface area contributed by atoms with Gasteiger partial charge in [0.05, 0.1) is 17.0 Å². The van der Waals surface area contributed by atoms with Crippen LogP contribution in [0.5, 0.6) is 0 Å². The Hall–Kier alpha value is -1.35. The van der Waals surface area contributed by atoms with Crippen molar-refractivity contribution in [3.63, 3.8) is 0 Å². The first kappa shape index (κ1) is 17.7. The molecular formula is C12H13F5N2OS. The Morgan fingerprint density at radius 3 is 2.52 bits per heavy atom. The van der Waals surface area contributed by atoms with Gasteiger partial charge in [-0.15, -0.1) is 11.8 Å². The molecule has 0 heterocycles. The molecule has 118 valence electrons. The van der Waals surface area contributed by atoms with Gasteiger partial charge in [0.1, 0.15) is 0 Å². The highest BCUT2D eigenvalue weighted by molar-refractivity contribution is 7.99. The maximum Gasteiger partial charge on any atom is 0.416 e. The summed E-state index contributed by atoms with van der Waals surface area (Å²) in [6.45, 7) is 0.0320. The van der Waals surface area contributed by atoms with Crippen molar-refractivity contribution in [1.82, 2.24) is 0 Å². The minimum absolute atomic E-state index is 0.0320. The number of hydrogen-bond acceptors (Lipinski definition) is 3. The van der Waals surface area contributed by atoms with Gasteiger partial charge in [-0.2, -0.15) is 13.2 Å². The Balaban J connectivity index is 3.03. The quantitative estimate of drug-likeness (QED) is 0.622. The predicted octanol–water partition coefficient (Wildman–Crippen LogP) is 3.35. The molecule has 1 aromatic rings. The van der Waals surface area contributed by atoms with Crippen LogP contribution in [0.4, 0.5) is 27.6 Å². The van der Waals surface area contributed by atoms with Crippen molar-refractivity contribution in [2.75, 3.05) is 17.6 Å². The van der Waals surface area contributed by atoms with Crippen molar-refractivity contribution >= 4 is 23.4 Å². The lowest BCUT2D eigenvalue weighted by Crippen LogP contribution is -2.17. The average molecular weight is 328 g/mol. The van der Waals surface area contributed by atoms with E-state index in [0.29, 0.717) is 11.8 Å². The van der Waals surface area contributed by atoms with Crippen LogP contribution in [0.3, 0.4) is 0 Å². The Morgan fingerprint density at radius 2 is 2.00 bits per heavy atom. The first-order chi connectivity index (χ1) is 9.74. The van der Waals surface area contributed by atoms with Crippen molar-refractivity contribution < 1.29 is 26.7 Å². The molecule has 0 unspecified atom stereocenters. The van der Waals surface area contributed by atoms with E-state index in [0.717, 1.165) is 18.2 Å². The highest BCUT2D eigenvalue weighted by Crippen LogP contribution is 2.36. The first-order valence-electron chi connectivity index (χ1n) is 5.86. The lowest BCUT2D eigenvalue weighted by molar-refractivity contribution is -0.137. The molecular weight excluding hydrogens is 315 g/mol. The van der Waals surface area contributed by atoms with Crippen molar-refractivity contribution in [2.24, 2.45) is 5.73 Å². The number of nitrogens with two attached hydrogens (primary N) is 1. The van der Waals surface area contributed by atoms with Crippen molar-refractivity contribution in [3.05, 3.63) is 23.8 Å². The summed E-state index contributed by atoms with van der Waals surface area (Å²) < 4.78 is 62.3. The molecule has 1 rings (SSSR count). The van der Waals surface area contributed by atoms with Gasteiger partial charge in [-0.25, -0.2) is 8.78 Å². The lowest BCUT2D eigenvalue weighted by atomic mass is 10.2. The zero-order valence-electron chi connectivity index (χ0n) is 10.7. The summed E-state index contributed by atoms with van der Waals surface area (Å²) in [4.78, 5) is 11.6. The third-order valence-electron chi connectivity index (χ3n) is 2.32. The van der Waals surface area contributed by atoms with Crippen LogP contribution < -0.4 is 11.1 Å². The Morgan fingerprint density at radius 1 is 1.33 bits per heavy atom. The monoisotopic (exact) mass is 328 g/mol. The molecule has 21 heavy (non-hydrogen) atoms. The van der Waals surface area contributed by atoms with E-state index in [4.69, 9.17) is 5.73 Å². The van der Waals surface area contributed by atoms with E-state index in [9.17, 15) is 26.7 Å². The Labute approximate surface area is 122 Å². The average Bonchev–Trinajstić information content (AvgIpc) is 2.36. The Kier molecular flexibility index (Phi) is 6.41. The molecule has 0 saturated heterocycles. The molecule has 1 aromatic carbocycles. The van der Waals surface area contributed by atoms with Gasteiger partial charge < -0.3 is 11.1 Å². The second-order valence-electron chi connectivity index (χ2n) is 4.00. The van der Waals surface area contributed by atoms with Crippen molar-refractivity contribution in [3.8, 4) is 0 Å². The van der Waals surface area contributed by atoms with Crippen LogP contribution >= 0.6 is 11.8 Å². The van der Waals surface area contributed by atoms with E-state index < -0.39 is 29.8 Å². The van der Waals surface area contributed by atoms with E-state index in [1.165, 1.54) is 0 Å². The van der Waals surface area contributed by atoms with Crippen molar-refractivity contribution in [2.45, 2.75) is 23.9 Å².